The van der Waals surface area contributed by atoms with Crippen molar-refractivity contribution in [3.63, 3.8) is 0 Å². The van der Waals surface area contributed by atoms with E-state index < -0.39 is 11.9 Å². The van der Waals surface area contributed by atoms with E-state index in [9.17, 15) is 14.0 Å². The number of quaternary nitrogens is 1. The van der Waals surface area contributed by atoms with Crippen molar-refractivity contribution >= 4 is 35.1 Å². The van der Waals surface area contributed by atoms with Crippen molar-refractivity contribution in [2.75, 3.05) is 13.1 Å². The maximum atomic E-state index is 13.6. The van der Waals surface area contributed by atoms with Crippen LogP contribution in [0.3, 0.4) is 0 Å². The van der Waals surface area contributed by atoms with Crippen LogP contribution in [0.1, 0.15) is 25.5 Å². The van der Waals surface area contributed by atoms with Crippen LogP contribution >= 0.6 is 23.2 Å². The second kappa shape index (κ2) is 6.81. The number of nitrogens with zero attached hydrogens (tertiary/aromatic N) is 1. The third-order valence-corrected chi connectivity index (χ3v) is 4.24. The number of amides is 3. The first-order valence-electron chi connectivity index (χ1n) is 6.90. The van der Waals surface area contributed by atoms with Crippen molar-refractivity contribution in [2.45, 2.75) is 25.9 Å². The van der Waals surface area contributed by atoms with Crippen LogP contribution in [-0.2, 0) is 4.79 Å². The van der Waals surface area contributed by atoms with Crippen molar-refractivity contribution in [2.24, 2.45) is 0 Å². The van der Waals surface area contributed by atoms with Crippen LogP contribution < -0.4 is 10.6 Å². The number of hydrogen-bond acceptors (Lipinski definition) is 2. The highest BCUT2D eigenvalue weighted by atomic mass is 35.5. The number of nitrogens with two attached hydrogens (primary N) is 1. The summed E-state index contributed by atoms with van der Waals surface area (Å²) in [4.78, 5) is 24.9. The summed E-state index contributed by atoms with van der Waals surface area (Å²) < 4.78 is 13.6. The first-order chi connectivity index (χ1) is 10.3. The van der Waals surface area contributed by atoms with Gasteiger partial charge in [-0.2, -0.15) is 0 Å². The molecule has 1 aliphatic rings. The fourth-order valence-corrected chi connectivity index (χ4v) is 2.99. The Morgan fingerprint density at radius 3 is 2.64 bits per heavy atom. The third-order valence-electron chi connectivity index (χ3n) is 3.62. The Balaban J connectivity index is 2.08. The van der Waals surface area contributed by atoms with Crippen LogP contribution in [-0.4, -0.2) is 36.0 Å². The molecular formula is C14H17Cl2FN3O2+. The standard InChI is InChI=1S/C14H16Cl2FN3O2/c1-7(9-5-12(17)11(16)6-10(9)15)19-8(2)13(21)20-4-3-18-14(20)22/h5-8,19H,3-4H2,1-2H3,(H,18,22)/p+1/t7-,8-/m1/s1. The molecule has 3 amide bonds. The van der Waals surface area contributed by atoms with Crippen molar-refractivity contribution < 1.29 is 19.3 Å². The summed E-state index contributed by atoms with van der Waals surface area (Å²) in [6.45, 7) is 4.33. The van der Waals surface area contributed by atoms with Gasteiger partial charge in [-0.15, -0.1) is 0 Å². The number of carbonyl (C=O) groups excluding carboxylic acids is 2. The molecule has 0 aliphatic carbocycles. The highest BCUT2D eigenvalue weighted by molar-refractivity contribution is 6.35. The summed E-state index contributed by atoms with van der Waals surface area (Å²) in [7, 11) is 0. The zero-order valence-corrected chi connectivity index (χ0v) is 13.7. The molecule has 22 heavy (non-hydrogen) atoms. The molecule has 2 atom stereocenters. The number of rotatable bonds is 4. The fourth-order valence-electron chi connectivity index (χ4n) is 2.43. The van der Waals surface area contributed by atoms with E-state index in [2.05, 4.69) is 5.32 Å². The van der Waals surface area contributed by atoms with Crippen molar-refractivity contribution in [3.05, 3.63) is 33.6 Å². The normalized spacial score (nSPS) is 17.3. The SMILES string of the molecule is C[C@@H]([NH2+][C@H](C)c1cc(F)c(Cl)cc1Cl)C(=O)N1CCNC1=O. The van der Waals surface area contributed by atoms with Crippen molar-refractivity contribution in [1.29, 1.82) is 0 Å². The Morgan fingerprint density at radius 1 is 1.36 bits per heavy atom. The van der Waals surface area contributed by atoms with Gasteiger partial charge in [0.25, 0.3) is 5.91 Å². The molecule has 0 bridgehead atoms. The number of imide groups is 1. The van der Waals surface area contributed by atoms with E-state index in [1.807, 2.05) is 6.92 Å². The Morgan fingerprint density at radius 2 is 2.05 bits per heavy atom. The van der Waals surface area contributed by atoms with Crippen LogP contribution in [0.15, 0.2) is 12.1 Å². The minimum atomic E-state index is -0.556. The quantitative estimate of drug-likeness (QED) is 0.813. The lowest BCUT2D eigenvalue weighted by atomic mass is 10.1. The Kier molecular flexibility index (Phi) is 5.26. The first-order valence-corrected chi connectivity index (χ1v) is 7.65. The van der Waals surface area contributed by atoms with E-state index in [-0.39, 0.29) is 23.0 Å². The van der Waals surface area contributed by atoms with E-state index in [0.717, 1.165) is 0 Å². The van der Waals surface area contributed by atoms with Gasteiger partial charge in [0, 0.05) is 18.7 Å². The predicted molar refractivity (Wildman–Crippen MR) is 81.3 cm³/mol. The molecular weight excluding hydrogens is 332 g/mol. The van der Waals surface area contributed by atoms with Gasteiger partial charge in [0.1, 0.15) is 11.9 Å². The first kappa shape index (κ1) is 17.0. The molecule has 1 heterocycles. The van der Waals surface area contributed by atoms with Gasteiger partial charge in [0.05, 0.1) is 10.0 Å². The molecule has 3 N–H and O–H groups in total. The Hall–Kier alpha value is -1.37. The molecule has 1 aromatic rings. The summed E-state index contributed by atoms with van der Waals surface area (Å²) in [5.74, 6) is -0.841. The van der Waals surface area contributed by atoms with Crippen LogP contribution in [0.2, 0.25) is 10.0 Å². The molecule has 120 valence electrons. The van der Waals surface area contributed by atoms with Crippen molar-refractivity contribution in [3.8, 4) is 0 Å². The van der Waals surface area contributed by atoms with E-state index in [0.29, 0.717) is 23.7 Å². The summed E-state index contributed by atoms with van der Waals surface area (Å²) >= 11 is 11.8. The molecule has 5 nitrogen and oxygen atoms in total. The van der Waals surface area contributed by atoms with Gasteiger partial charge in [-0.1, -0.05) is 23.2 Å². The maximum absolute atomic E-state index is 13.6. The average molecular weight is 349 g/mol. The third kappa shape index (κ3) is 3.51. The molecule has 8 heteroatoms. The maximum Gasteiger partial charge on any atom is 0.324 e. The van der Waals surface area contributed by atoms with E-state index in [1.165, 1.54) is 17.0 Å². The molecule has 0 aromatic heterocycles. The van der Waals surface area contributed by atoms with Gasteiger partial charge in [0.2, 0.25) is 0 Å². The number of nitrogens with one attached hydrogen (secondary N) is 1. The smallest absolute Gasteiger partial charge is 0.324 e. The number of benzene rings is 1. The minimum Gasteiger partial charge on any atom is -0.336 e. The average Bonchev–Trinajstić information content (AvgIpc) is 2.87. The molecule has 1 fully saturated rings. The van der Waals surface area contributed by atoms with Gasteiger partial charge < -0.3 is 10.6 Å². The molecule has 1 saturated heterocycles. The Labute approximate surface area is 137 Å². The molecule has 2 rings (SSSR count). The zero-order chi connectivity index (χ0) is 16.4. The van der Waals surface area contributed by atoms with Gasteiger partial charge in [0.15, 0.2) is 6.04 Å². The van der Waals surface area contributed by atoms with Gasteiger partial charge in [-0.25, -0.2) is 9.18 Å². The lowest BCUT2D eigenvalue weighted by Gasteiger charge is -2.20. The topological polar surface area (TPSA) is 66.0 Å². The van der Waals surface area contributed by atoms with Gasteiger partial charge >= 0.3 is 6.03 Å². The van der Waals surface area contributed by atoms with Gasteiger partial charge in [-0.3, -0.25) is 9.69 Å². The number of carbonyl (C=O) groups is 2. The zero-order valence-electron chi connectivity index (χ0n) is 12.2. The number of urea groups is 1. The Bertz CT molecular complexity index is 612. The monoisotopic (exact) mass is 348 g/mol. The van der Waals surface area contributed by atoms with Crippen LogP contribution in [0.25, 0.3) is 0 Å². The largest absolute Gasteiger partial charge is 0.336 e. The van der Waals surface area contributed by atoms with E-state index in [4.69, 9.17) is 23.2 Å². The summed E-state index contributed by atoms with van der Waals surface area (Å²) in [5, 5.41) is 4.62. The lowest BCUT2D eigenvalue weighted by molar-refractivity contribution is -0.710. The lowest BCUT2D eigenvalue weighted by Crippen LogP contribution is -2.92. The second-order valence-corrected chi connectivity index (χ2v) is 6.09. The molecule has 1 aromatic carbocycles. The number of halogens is 3. The van der Waals surface area contributed by atoms with Crippen LogP contribution in [0.5, 0.6) is 0 Å². The van der Waals surface area contributed by atoms with E-state index >= 15 is 0 Å². The summed E-state index contributed by atoms with van der Waals surface area (Å²) in [6.07, 6.45) is 0. The predicted octanol–water partition coefficient (Wildman–Crippen LogP) is 1.70. The van der Waals surface area contributed by atoms with Crippen LogP contribution in [0, 0.1) is 5.82 Å². The van der Waals surface area contributed by atoms with Gasteiger partial charge in [-0.05, 0) is 26.0 Å². The number of hydrogen-bond donors (Lipinski definition) is 2. The molecule has 0 unspecified atom stereocenters. The fraction of sp³-hybridized carbons (Fsp3) is 0.429. The highest BCUT2D eigenvalue weighted by Gasteiger charge is 2.32. The molecule has 0 saturated carbocycles. The summed E-state index contributed by atoms with van der Waals surface area (Å²) in [5.41, 5.74) is 0.550. The highest BCUT2D eigenvalue weighted by Crippen LogP contribution is 2.27. The van der Waals surface area contributed by atoms with Crippen LogP contribution in [0.4, 0.5) is 9.18 Å². The van der Waals surface area contributed by atoms with E-state index in [1.54, 1.807) is 12.2 Å². The molecule has 0 spiro atoms. The molecule has 0 radical (unpaired) electrons. The van der Waals surface area contributed by atoms with Crippen molar-refractivity contribution in [1.82, 2.24) is 10.2 Å². The molecule has 1 aliphatic heterocycles. The minimum absolute atomic E-state index is 0.0428. The summed E-state index contributed by atoms with van der Waals surface area (Å²) in [6, 6.07) is 1.48. The second-order valence-electron chi connectivity index (χ2n) is 5.28.